The minimum absolute atomic E-state index is 0.0406. The quantitative estimate of drug-likeness (QED) is 0.947. The van der Waals surface area contributed by atoms with E-state index in [2.05, 4.69) is 17.2 Å². The van der Waals surface area contributed by atoms with Gasteiger partial charge in [0.25, 0.3) is 0 Å². The molecule has 0 aliphatic carbocycles. The average molecular weight is 307 g/mol. The predicted octanol–water partition coefficient (Wildman–Crippen LogP) is 2.84. The number of rotatable bonds is 3. The fraction of sp³-hybridized carbons (Fsp3) is 0.429. The summed E-state index contributed by atoms with van der Waals surface area (Å²) >= 11 is 3.59. The number of para-hydroxylation sites is 2. The van der Waals surface area contributed by atoms with E-state index in [1.165, 1.54) is 0 Å². The first-order valence-electron chi connectivity index (χ1n) is 6.75. The molecule has 0 radical (unpaired) electrons. The van der Waals surface area contributed by atoms with Crippen LogP contribution in [0.5, 0.6) is 0 Å². The van der Waals surface area contributed by atoms with E-state index in [0.717, 1.165) is 34.8 Å². The van der Waals surface area contributed by atoms with Gasteiger partial charge in [-0.25, -0.2) is 4.98 Å². The van der Waals surface area contributed by atoms with Crippen LogP contribution in [-0.2, 0) is 11.3 Å². The van der Waals surface area contributed by atoms with Crippen LogP contribution in [0.25, 0.3) is 11.0 Å². The number of anilines is 1. The van der Waals surface area contributed by atoms with E-state index in [1.54, 1.807) is 11.8 Å². The van der Waals surface area contributed by atoms with Crippen molar-refractivity contribution in [2.24, 2.45) is 0 Å². The van der Waals surface area contributed by atoms with Crippen molar-refractivity contribution in [3.8, 4) is 0 Å². The molecule has 0 unspecified atom stereocenters. The van der Waals surface area contributed by atoms with Crippen molar-refractivity contribution in [3.05, 3.63) is 24.3 Å². The third kappa shape index (κ3) is 2.67. The van der Waals surface area contributed by atoms with E-state index in [9.17, 15) is 4.79 Å². The zero-order valence-corrected chi connectivity index (χ0v) is 13.0. The molecule has 0 bridgehead atoms. The van der Waals surface area contributed by atoms with E-state index in [-0.39, 0.29) is 11.2 Å². The Morgan fingerprint density at radius 2 is 2.30 bits per heavy atom. The monoisotopic (exact) mass is 307 g/mol. The van der Waals surface area contributed by atoms with Crippen LogP contribution >= 0.6 is 23.5 Å². The summed E-state index contributed by atoms with van der Waals surface area (Å²) in [6.07, 6.45) is 0. The highest BCUT2D eigenvalue weighted by Gasteiger charge is 2.23. The lowest BCUT2D eigenvalue weighted by molar-refractivity contribution is -0.115. The van der Waals surface area contributed by atoms with Gasteiger partial charge in [-0.15, -0.1) is 11.8 Å². The lowest BCUT2D eigenvalue weighted by atomic mass is 10.3. The van der Waals surface area contributed by atoms with Gasteiger partial charge in [0.1, 0.15) is 0 Å². The first kappa shape index (κ1) is 13.8. The van der Waals surface area contributed by atoms with Gasteiger partial charge in [-0.2, -0.15) is 11.8 Å². The highest BCUT2D eigenvalue weighted by atomic mass is 32.2. The first-order chi connectivity index (χ1) is 9.79. The summed E-state index contributed by atoms with van der Waals surface area (Å²) in [5.74, 6) is 3.82. The van der Waals surface area contributed by atoms with Crippen molar-refractivity contribution in [3.63, 3.8) is 0 Å². The molecule has 1 amide bonds. The molecule has 106 valence electrons. The summed E-state index contributed by atoms with van der Waals surface area (Å²) in [5.41, 5.74) is 1.99. The number of carbonyl (C=O) groups is 1. The fourth-order valence-electron chi connectivity index (χ4n) is 2.32. The molecule has 0 spiro atoms. The normalized spacial score (nSPS) is 19.1. The molecule has 1 aliphatic rings. The molecule has 2 heterocycles. The van der Waals surface area contributed by atoms with E-state index in [0.29, 0.717) is 5.95 Å². The maximum Gasteiger partial charge on any atom is 0.240 e. The first-order valence-corrected chi connectivity index (χ1v) is 8.95. The van der Waals surface area contributed by atoms with Crippen LogP contribution in [-0.4, -0.2) is 38.0 Å². The summed E-state index contributed by atoms with van der Waals surface area (Å²) in [4.78, 5) is 16.8. The second kappa shape index (κ2) is 6.10. The number of aryl methyl sites for hydroxylation is 1. The number of carbonyl (C=O) groups excluding carboxylic acids is 1. The Labute approximate surface area is 126 Å². The summed E-state index contributed by atoms with van der Waals surface area (Å²) < 4.78 is 2.05. The highest BCUT2D eigenvalue weighted by Crippen LogP contribution is 2.26. The molecule has 3 rings (SSSR count). The van der Waals surface area contributed by atoms with Crippen LogP contribution in [0.2, 0.25) is 0 Å². The summed E-state index contributed by atoms with van der Waals surface area (Å²) in [5, 5.41) is 3.04. The Morgan fingerprint density at radius 1 is 1.45 bits per heavy atom. The lowest BCUT2D eigenvalue weighted by Crippen LogP contribution is -2.31. The number of amides is 1. The molecule has 1 N–H and O–H groups in total. The molecule has 1 aromatic heterocycles. The number of thioether (sulfide) groups is 2. The van der Waals surface area contributed by atoms with Crippen molar-refractivity contribution in [1.29, 1.82) is 0 Å². The SMILES string of the molecule is CCn1c(NC(=O)[C@H]2CSCCS2)nc2ccccc21. The Morgan fingerprint density at radius 3 is 3.05 bits per heavy atom. The third-order valence-corrected chi connectivity index (χ3v) is 6.07. The number of imidazole rings is 1. The predicted molar refractivity (Wildman–Crippen MR) is 87.6 cm³/mol. The molecule has 0 saturated carbocycles. The van der Waals surface area contributed by atoms with Crippen LogP contribution in [0.3, 0.4) is 0 Å². The topological polar surface area (TPSA) is 46.9 Å². The van der Waals surface area contributed by atoms with Crippen molar-refractivity contribution >= 4 is 46.4 Å². The van der Waals surface area contributed by atoms with E-state index in [4.69, 9.17) is 0 Å². The Bertz CT molecular complexity index is 620. The van der Waals surface area contributed by atoms with Crippen molar-refractivity contribution in [2.75, 3.05) is 22.6 Å². The third-order valence-electron chi connectivity index (χ3n) is 3.31. The van der Waals surface area contributed by atoms with Crippen LogP contribution in [0.1, 0.15) is 6.92 Å². The van der Waals surface area contributed by atoms with Gasteiger partial charge in [0.05, 0.1) is 16.3 Å². The Balaban J connectivity index is 1.84. The van der Waals surface area contributed by atoms with Gasteiger partial charge in [-0.1, -0.05) is 12.1 Å². The standard InChI is InChI=1S/C14H17N3OS2/c1-2-17-11-6-4-3-5-10(11)15-14(17)16-13(18)12-9-19-7-8-20-12/h3-6,12H,2,7-9H2,1H3,(H,15,16,18)/t12-/m1/s1. The van der Waals surface area contributed by atoms with E-state index >= 15 is 0 Å². The van der Waals surface area contributed by atoms with E-state index in [1.807, 2.05) is 40.6 Å². The number of hydrogen-bond acceptors (Lipinski definition) is 4. The van der Waals surface area contributed by atoms with Crippen LogP contribution < -0.4 is 5.32 Å². The van der Waals surface area contributed by atoms with Crippen molar-refractivity contribution < 1.29 is 4.79 Å². The number of nitrogens with zero attached hydrogens (tertiary/aromatic N) is 2. The largest absolute Gasteiger partial charge is 0.310 e. The van der Waals surface area contributed by atoms with E-state index < -0.39 is 0 Å². The number of aromatic nitrogens is 2. The van der Waals surface area contributed by atoms with Crippen LogP contribution in [0.15, 0.2) is 24.3 Å². The zero-order valence-electron chi connectivity index (χ0n) is 11.3. The minimum atomic E-state index is 0.0406. The maximum absolute atomic E-state index is 12.3. The molecule has 1 aromatic carbocycles. The van der Waals surface area contributed by atoms with Crippen LogP contribution in [0.4, 0.5) is 5.95 Å². The molecule has 1 aliphatic heterocycles. The number of benzene rings is 1. The minimum Gasteiger partial charge on any atom is -0.310 e. The Hall–Kier alpha value is -1.14. The molecular weight excluding hydrogens is 290 g/mol. The lowest BCUT2D eigenvalue weighted by Gasteiger charge is -2.20. The van der Waals surface area contributed by atoms with Gasteiger partial charge in [0.15, 0.2) is 0 Å². The zero-order chi connectivity index (χ0) is 13.9. The molecule has 2 aromatic rings. The summed E-state index contributed by atoms with van der Waals surface area (Å²) in [6, 6.07) is 7.97. The molecule has 20 heavy (non-hydrogen) atoms. The van der Waals surface area contributed by atoms with Gasteiger partial charge in [-0.05, 0) is 19.1 Å². The van der Waals surface area contributed by atoms with Crippen molar-refractivity contribution in [2.45, 2.75) is 18.7 Å². The van der Waals surface area contributed by atoms with Gasteiger partial charge in [0.2, 0.25) is 11.9 Å². The number of fused-ring (bicyclic) bond motifs is 1. The smallest absolute Gasteiger partial charge is 0.240 e. The Kier molecular flexibility index (Phi) is 4.21. The van der Waals surface area contributed by atoms with Gasteiger partial charge >= 0.3 is 0 Å². The second-order valence-electron chi connectivity index (χ2n) is 4.59. The van der Waals surface area contributed by atoms with Gasteiger partial charge in [-0.3, -0.25) is 10.1 Å². The number of hydrogen-bond donors (Lipinski definition) is 1. The van der Waals surface area contributed by atoms with Crippen LogP contribution in [0, 0.1) is 0 Å². The highest BCUT2D eigenvalue weighted by molar-refractivity contribution is 8.07. The fourth-order valence-corrected chi connectivity index (χ4v) is 4.88. The second-order valence-corrected chi connectivity index (χ2v) is 7.05. The van der Waals surface area contributed by atoms with Crippen molar-refractivity contribution in [1.82, 2.24) is 9.55 Å². The van der Waals surface area contributed by atoms with Gasteiger partial charge < -0.3 is 4.57 Å². The van der Waals surface area contributed by atoms with Gasteiger partial charge in [0, 0.05) is 23.8 Å². The molecule has 1 atom stereocenters. The summed E-state index contributed by atoms with van der Waals surface area (Å²) in [6.45, 7) is 2.86. The molecule has 1 saturated heterocycles. The molecule has 4 nitrogen and oxygen atoms in total. The molecular formula is C14H17N3OS2. The average Bonchev–Trinajstić information content (AvgIpc) is 2.85. The maximum atomic E-state index is 12.3. The number of nitrogens with one attached hydrogen (secondary N) is 1. The molecule has 1 fully saturated rings. The summed E-state index contributed by atoms with van der Waals surface area (Å²) in [7, 11) is 0. The molecule has 6 heteroatoms.